The third-order valence-corrected chi connectivity index (χ3v) is 6.76. The van der Waals surface area contributed by atoms with Crippen LogP contribution in [0.1, 0.15) is 57.7 Å². The molecule has 8 heteroatoms. The molecule has 0 fully saturated rings. The number of aliphatic carboxylic acids is 1. The number of nitrogens with two attached hydrogens (primary N) is 1. The van der Waals surface area contributed by atoms with E-state index in [4.69, 9.17) is 10.7 Å². The van der Waals surface area contributed by atoms with Crippen molar-refractivity contribution in [3.63, 3.8) is 0 Å². The Morgan fingerprint density at radius 2 is 1.97 bits per heavy atom. The summed E-state index contributed by atoms with van der Waals surface area (Å²) in [6.45, 7) is 6.07. The molecule has 3 heterocycles. The van der Waals surface area contributed by atoms with E-state index in [9.17, 15) is 9.90 Å². The smallest absolute Gasteiger partial charge is 0.306 e. The molecular weight excluding hydrogens is 410 g/mol. The third kappa shape index (κ3) is 3.90. The molecule has 7 nitrogen and oxygen atoms in total. The lowest BCUT2D eigenvalue weighted by atomic mass is 9.98. The Balaban J connectivity index is 1.86. The molecular formula is C23H25N5O2S. The largest absolute Gasteiger partial charge is 0.481 e. The van der Waals surface area contributed by atoms with Crippen LogP contribution in [-0.4, -0.2) is 31.6 Å². The van der Waals surface area contributed by atoms with Crippen molar-refractivity contribution in [2.24, 2.45) is 10.7 Å². The van der Waals surface area contributed by atoms with E-state index in [0.29, 0.717) is 5.82 Å². The average molecular weight is 436 g/mol. The highest BCUT2D eigenvalue weighted by Gasteiger charge is 2.32. The monoisotopic (exact) mass is 435 g/mol. The van der Waals surface area contributed by atoms with Gasteiger partial charge >= 0.3 is 5.97 Å². The number of allylic oxidation sites excluding steroid dienone is 1. The Morgan fingerprint density at radius 3 is 2.65 bits per heavy atom. The fourth-order valence-corrected chi connectivity index (χ4v) is 5.08. The molecule has 1 aliphatic rings. The van der Waals surface area contributed by atoms with Crippen LogP contribution in [0, 0.1) is 20.8 Å². The molecule has 1 atom stereocenters. The van der Waals surface area contributed by atoms with Gasteiger partial charge in [-0.05, 0) is 50.9 Å². The molecule has 1 aromatic carbocycles. The van der Waals surface area contributed by atoms with Crippen LogP contribution >= 0.6 is 11.3 Å². The lowest BCUT2D eigenvalue weighted by Gasteiger charge is -2.11. The van der Waals surface area contributed by atoms with Gasteiger partial charge in [-0.15, -0.1) is 21.5 Å². The summed E-state index contributed by atoms with van der Waals surface area (Å²) in [6.07, 6.45) is 5.17. The van der Waals surface area contributed by atoms with Crippen molar-refractivity contribution in [3.8, 4) is 5.00 Å². The van der Waals surface area contributed by atoms with Crippen LogP contribution in [0.2, 0.25) is 0 Å². The summed E-state index contributed by atoms with van der Waals surface area (Å²) in [5, 5.41) is 19.0. The maximum absolute atomic E-state index is 11.6. The van der Waals surface area contributed by atoms with Gasteiger partial charge in [0.1, 0.15) is 16.9 Å². The first-order valence-electron chi connectivity index (χ1n) is 10.2. The van der Waals surface area contributed by atoms with E-state index in [1.54, 1.807) is 17.5 Å². The average Bonchev–Trinajstić information content (AvgIpc) is 3.21. The van der Waals surface area contributed by atoms with Crippen LogP contribution in [0.4, 0.5) is 0 Å². The van der Waals surface area contributed by atoms with Crippen molar-refractivity contribution < 1.29 is 9.90 Å². The van der Waals surface area contributed by atoms with Gasteiger partial charge in [0.25, 0.3) is 0 Å². The molecule has 0 saturated heterocycles. The lowest BCUT2D eigenvalue weighted by molar-refractivity contribution is -0.137. The number of hydrogen-bond donors (Lipinski definition) is 2. The molecule has 1 aliphatic heterocycles. The molecule has 0 unspecified atom stereocenters. The zero-order valence-corrected chi connectivity index (χ0v) is 18.6. The molecule has 3 aromatic rings. The summed E-state index contributed by atoms with van der Waals surface area (Å²) in [4.78, 5) is 17.7. The summed E-state index contributed by atoms with van der Waals surface area (Å²) in [6, 6.07) is 7.71. The number of aliphatic imine (C=N–C) groups is 1. The Morgan fingerprint density at radius 1 is 1.23 bits per heavy atom. The van der Waals surface area contributed by atoms with E-state index < -0.39 is 12.0 Å². The number of benzene rings is 1. The molecule has 3 N–H and O–H groups in total. The van der Waals surface area contributed by atoms with Crippen molar-refractivity contribution >= 4 is 23.0 Å². The first-order valence-corrected chi connectivity index (χ1v) is 11.0. The number of aryl methyl sites for hydroxylation is 3. The fraction of sp³-hybridized carbons (Fsp3) is 0.304. The first kappa shape index (κ1) is 21.0. The van der Waals surface area contributed by atoms with Crippen LogP contribution in [0.5, 0.6) is 0 Å². The van der Waals surface area contributed by atoms with Crippen molar-refractivity contribution in [1.29, 1.82) is 0 Å². The van der Waals surface area contributed by atoms with Gasteiger partial charge in [0.05, 0.1) is 12.1 Å². The van der Waals surface area contributed by atoms with Gasteiger partial charge < -0.3 is 10.8 Å². The number of fused-ring (bicyclic) bond motifs is 3. The Bertz CT molecular complexity index is 1190. The minimum absolute atomic E-state index is 0.141. The fourth-order valence-electron chi connectivity index (χ4n) is 3.87. The van der Waals surface area contributed by atoms with Crippen molar-refractivity contribution in [2.75, 3.05) is 0 Å². The first-order chi connectivity index (χ1) is 14.9. The van der Waals surface area contributed by atoms with Crippen molar-refractivity contribution in [2.45, 2.75) is 46.1 Å². The Hall–Kier alpha value is -3.26. The predicted molar refractivity (Wildman–Crippen MR) is 122 cm³/mol. The highest BCUT2D eigenvalue weighted by atomic mass is 32.1. The summed E-state index contributed by atoms with van der Waals surface area (Å²) in [7, 11) is 0. The molecule has 0 radical (unpaired) electrons. The van der Waals surface area contributed by atoms with Gasteiger partial charge in [-0.1, -0.05) is 30.3 Å². The van der Waals surface area contributed by atoms with Gasteiger partial charge in [0.15, 0.2) is 5.82 Å². The number of nitrogens with zero attached hydrogens (tertiary/aromatic N) is 4. The zero-order valence-electron chi connectivity index (χ0n) is 17.8. The standard InChI is InChI=1S/C23H25N5O2S/c1-13-14(2)31-23-20(13)21(17-9-7-16(8-10-17)6-4-5-11-24)25-18(12-19(29)30)22-27-26-15(3)28(22)23/h5,7-11,18H,4,6,12,24H2,1-3H3,(H,29,30)/b11-5-/t18-/m1/s1. The summed E-state index contributed by atoms with van der Waals surface area (Å²) in [5.41, 5.74) is 10.6. The van der Waals surface area contributed by atoms with Gasteiger partial charge in [-0.3, -0.25) is 14.4 Å². The molecule has 0 amide bonds. The predicted octanol–water partition coefficient (Wildman–Crippen LogP) is 4.03. The molecule has 0 spiro atoms. The second kappa shape index (κ2) is 8.47. The quantitative estimate of drug-likeness (QED) is 0.608. The van der Waals surface area contributed by atoms with E-state index in [1.165, 1.54) is 10.4 Å². The van der Waals surface area contributed by atoms with Crippen LogP contribution < -0.4 is 5.73 Å². The number of aromatic nitrogens is 3. The number of carboxylic acid groups (broad SMARTS) is 1. The highest BCUT2D eigenvalue weighted by Crippen LogP contribution is 2.39. The molecule has 31 heavy (non-hydrogen) atoms. The number of rotatable bonds is 6. The van der Waals surface area contributed by atoms with Crippen molar-refractivity contribution in [3.05, 3.63) is 75.3 Å². The SMILES string of the molecule is Cc1sc2c(c1C)C(c1ccc(CC/C=C\N)cc1)=N[C@H](CC(=O)O)c1nnc(C)n1-2. The number of carboxylic acids is 1. The number of carbonyl (C=O) groups is 1. The zero-order chi connectivity index (χ0) is 22.1. The highest BCUT2D eigenvalue weighted by molar-refractivity contribution is 7.15. The third-order valence-electron chi connectivity index (χ3n) is 5.57. The summed E-state index contributed by atoms with van der Waals surface area (Å²) < 4.78 is 1.97. The van der Waals surface area contributed by atoms with E-state index in [1.807, 2.05) is 17.6 Å². The lowest BCUT2D eigenvalue weighted by Crippen LogP contribution is -2.10. The Labute approximate surface area is 185 Å². The van der Waals surface area contributed by atoms with Gasteiger partial charge in [0.2, 0.25) is 0 Å². The minimum Gasteiger partial charge on any atom is -0.481 e. The molecule has 0 aliphatic carbocycles. The number of hydrogen-bond acceptors (Lipinski definition) is 6. The maximum atomic E-state index is 11.6. The molecule has 160 valence electrons. The van der Waals surface area contributed by atoms with E-state index in [0.717, 1.165) is 46.1 Å². The minimum atomic E-state index is -0.915. The van der Waals surface area contributed by atoms with Crippen LogP contribution in [-0.2, 0) is 11.2 Å². The second-order valence-electron chi connectivity index (χ2n) is 7.66. The van der Waals surface area contributed by atoms with Gasteiger partial charge in [-0.2, -0.15) is 0 Å². The second-order valence-corrected chi connectivity index (χ2v) is 8.86. The molecule has 0 saturated carbocycles. The number of thiophene rings is 1. The van der Waals surface area contributed by atoms with Crippen molar-refractivity contribution in [1.82, 2.24) is 14.8 Å². The van der Waals surface area contributed by atoms with Crippen LogP contribution in [0.3, 0.4) is 0 Å². The van der Waals surface area contributed by atoms with Gasteiger partial charge in [0, 0.05) is 16.0 Å². The van der Waals surface area contributed by atoms with Crippen LogP contribution in [0.15, 0.2) is 41.5 Å². The molecule has 0 bridgehead atoms. The molecule has 4 rings (SSSR count). The topological polar surface area (TPSA) is 106 Å². The normalized spacial score (nSPS) is 15.5. The van der Waals surface area contributed by atoms with Crippen LogP contribution in [0.25, 0.3) is 5.00 Å². The van der Waals surface area contributed by atoms with E-state index >= 15 is 0 Å². The Kier molecular flexibility index (Phi) is 5.73. The maximum Gasteiger partial charge on any atom is 0.306 e. The summed E-state index contributed by atoms with van der Waals surface area (Å²) in [5.74, 6) is 0.386. The van der Waals surface area contributed by atoms with E-state index in [-0.39, 0.29) is 6.42 Å². The molecule has 2 aromatic heterocycles. The summed E-state index contributed by atoms with van der Waals surface area (Å²) >= 11 is 1.66. The van der Waals surface area contributed by atoms with E-state index in [2.05, 4.69) is 48.3 Å². The van der Waals surface area contributed by atoms with Gasteiger partial charge in [-0.25, -0.2) is 0 Å².